The smallest absolute Gasteiger partial charge is 0.354 e. The molecule has 3 N–H and O–H groups in total. The first kappa shape index (κ1) is 28.0. The molecule has 0 unspecified atom stereocenters. The third-order valence-electron chi connectivity index (χ3n) is 7.87. The van der Waals surface area contributed by atoms with Crippen molar-refractivity contribution in [1.29, 1.82) is 0 Å². The number of H-pyrrole nitrogens is 1. The molecule has 3 aromatic carbocycles. The summed E-state index contributed by atoms with van der Waals surface area (Å²) >= 11 is 0. The number of aromatic amines is 1. The summed E-state index contributed by atoms with van der Waals surface area (Å²) in [6.45, 7) is 1.75. The summed E-state index contributed by atoms with van der Waals surface area (Å²) in [5, 5.41) is 6.63. The van der Waals surface area contributed by atoms with Crippen molar-refractivity contribution in [3.05, 3.63) is 94.4 Å². The van der Waals surface area contributed by atoms with Crippen LogP contribution in [0, 0.1) is 0 Å². The van der Waals surface area contributed by atoms with E-state index in [1.165, 1.54) is 6.42 Å². The number of esters is 1. The Hall–Kier alpha value is -5.12. The van der Waals surface area contributed by atoms with Crippen LogP contribution in [0.25, 0.3) is 27.5 Å². The number of benzene rings is 3. The topological polar surface area (TPSA) is 127 Å². The molecule has 0 aliphatic heterocycles. The van der Waals surface area contributed by atoms with Gasteiger partial charge in [0, 0.05) is 22.2 Å². The fourth-order valence-corrected chi connectivity index (χ4v) is 5.86. The molecular weight excluding hydrogens is 546 g/mol. The van der Waals surface area contributed by atoms with Crippen LogP contribution in [0.4, 0.5) is 5.69 Å². The van der Waals surface area contributed by atoms with Crippen LogP contribution in [-0.2, 0) is 9.53 Å². The lowest BCUT2D eigenvalue weighted by Gasteiger charge is -2.26. The number of carbonyl (C=O) groups is 3. The summed E-state index contributed by atoms with van der Waals surface area (Å²) in [6, 6.07) is 21.8. The van der Waals surface area contributed by atoms with Gasteiger partial charge in [-0.2, -0.15) is 0 Å². The zero-order chi connectivity index (χ0) is 29.9. The minimum Gasteiger partial charge on any atom is -0.461 e. The number of fused-ring (bicyclic) bond motifs is 2. The largest absolute Gasteiger partial charge is 0.461 e. The number of rotatable bonds is 8. The van der Waals surface area contributed by atoms with Gasteiger partial charge in [-0.15, -0.1) is 0 Å². The van der Waals surface area contributed by atoms with Gasteiger partial charge in [-0.3, -0.25) is 19.1 Å². The molecule has 220 valence electrons. The van der Waals surface area contributed by atoms with Crippen LogP contribution < -0.4 is 16.2 Å². The summed E-state index contributed by atoms with van der Waals surface area (Å²) < 4.78 is 8.85. The first-order chi connectivity index (χ1) is 20.9. The molecule has 0 saturated heterocycles. The summed E-state index contributed by atoms with van der Waals surface area (Å²) in [6.07, 6.45) is 5.42. The van der Waals surface area contributed by atoms with Crippen LogP contribution in [0.15, 0.2) is 77.6 Å². The quantitative estimate of drug-likeness (QED) is 0.214. The Labute approximate surface area is 247 Å². The van der Waals surface area contributed by atoms with Crippen molar-refractivity contribution in [1.82, 2.24) is 19.7 Å². The molecule has 2 heterocycles. The highest BCUT2D eigenvalue weighted by Gasteiger charge is 2.24. The minimum atomic E-state index is -0.451. The maximum atomic E-state index is 13.7. The highest BCUT2D eigenvalue weighted by Crippen LogP contribution is 2.32. The second-order valence-corrected chi connectivity index (χ2v) is 10.8. The normalized spacial score (nSPS) is 13.7. The zero-order valence-electron chi connectivity index (χ0n) is 23.9. The van der Waals surface area contributed by atoms with Crippen molar-refractivity contribution in [2.45, 2.75) is 45.1 Å². The Balaban J connectivity index is 1.18. The lowest BCUT2D eigenvalue weighted by Crippen LogP contribution is -2.32. The Kier molecular flexibility index (Phi) is 7.83. The number of nitrogens with zero attached hydrogens (tertiary/aromatic N) is 2. The van der Waals surface area contributed by atoms with E-state index in [1.807, 2.05) is 36.4 Å². The van der Waals surface area contributed by atoms with Crippen LogP contribution in [-0.4, -0.2) is 45.3 Å². The summed E-state index contributed by atoms with van der Waals surface area (Å²) in [5.41, 5.74) is 3.29. The summed E-state index contributed by atoms with van der Waals surface area (Å²) in [5.74, 6) is -1.31. The molecule has 2 aromatic heterocycles. The molecule has 1 fully saturated rings. The maximum Gasteiger partial charge on any atom is 0.354 e. The molecule has 0 spiro atoms. The van der Waals surface area contributed by atoms with E-state index in [1.54, 1.807) is 48.0 Å². The molecule has 0 radical (unpaired) electrons. The molecule has 0 bridgehead atoms. The molecule has 43 heavy (non-hydrogen) atoms. The van der Waals surface area contributed by atoms with Crippen molar-refractivity contribution < 1.29 is 19.1 Å². The number of para-hydroxylation sites is 1. The number of aromatic nitrogens is 3. The van der Waals surface area contributed by atoms with Gasteiger partial charge in [-0.05, 0) is 74.4 Å². The van der Waals surface area contributed by atoms with E-state index in [4.69, 9.17) is 4.74 Å². The van der Waals surface area contributed by atoms with E-state index >= 15 is 0 Å². The SMILES string of the molecule is CCOC(=O)c1cc2cc(NC(=O)CNC(=O)c3ccc4c(c3)c(=O)n(-c3ccccc3)n4C3CCCCC3)ccc2[nH]1. The van der Waals surface area contributed by atoms with Gasteiger partial charge < -0.3 is 20.4 Å². The van der Waals surface area contributed by atoms with Crippen LogP contribution in [0.2, 0.25) is 0 Å². The van der Waals surface area contributed by atoms with Crippen LogP contribution in [0.3, 0.4) is 0 Å². The highest BCUT2D eigenvalue weighted by molar-refractivity contribution is 6.02. The number of nitrogens with one attached hydrogen (secondary N) is 3. The Morgan fingerprint density at radius 3 is 2.51 bits per heavy atom. The molecule has 10 heteroatoms. The number of carbonyl (C=O) groups excluding carboxylic acids is 3. The third kappa shape index (κ3) is 5.68. The van der Waals surface area contributed by atoms with Gasteiger partial charge >= 0.3 is 5.97 Å². The first-order valence-corrected chi connectivity index (χ1v) is 14.6. The van der Waals surface area contributed by atoms with E-state index in [9.17, 15) is 19.2 Å². The number of amides is 2. The Morgan fingerprint density at radius 2 is 1.74 bits per heavy atom. The standard InChI is InChI=1S/C33H33N5O5/c1-2-43-33(42)28-19-22-17-23(14-15-27(22)36-28)35-30(39)20-34-31(40)21-13-16-29-26(18-21)32(41)38(25-11-7-4-8-12-25)37(29)24-9-5-3-6-10-24/h4,7-8,11-19,24,36H,2-3,5-6,9-10,20H2,1H3,(H,34,40)(H,35,39). The van der Waals surface area contributed by atoms with Gasteiger partial charge in [0.25, 0.3) is 11.5 Å². The zero-order valence-corrected chi connectivity index (χ0v) is 23.9. The molecule has 5 aromatic rings. The van der Waals surface area contributed by atoms with Gasteiger partial charge in [0.05, 0.1) is 35.8 Å². The summed E-state index contributed by atoms with van der Waals surface area (Å²) in [4.78, 5) is 54.4. The summed E-state index contributed by atoms with van der Waals surface area (Å²) in [7, 11) is 0. The molecule has 1 aliphatic carbocycles. The van der Waals surface area contributed by atoms with E-state index in [0.717, 1.165) is 47.8 Å². The van der Waals surface area contributed by atoms with Gasteiger partial charge in [0.2, 0.25) is 5.91 Å². The predicted molar refractivity (Wildman–Crippen MR) is 165 cm³/mol. The number of ether oxygens (including phenoxy) is 1. The highest BCUT2D eigenvalue weighted by atomic mass is 16.5. The fourth-order valence-electron chi connectivity index (χ4n) is 5.86. The second-order valence-electron chi connectivity index (χ2n) is 10.8. The lowest BCUT2D eigenvalue weighted by molar-refractivity contribution is -0.115. The lowest BCUT2D eigenvalue weighted by atomic mass is 9.95. The molecule has 1 saturated carbocycles. The molecule has 1 aliphatic rings. The second kappa shape index (κ2) is 12.0. The molecule has 0 atom stereocenters. The van der Waals surface area contributed by atoms with Crippen molar-refractivity contribution in [2.24, 2.45) is 0 Å². The number of hydrogen-bond acceptors (Lipinski definition) is 5. The minimum absolute atomic E-state index is 0.176. The van der Waals surface area contributed by atoms with E-state index in [0.29, 0.717) is 22.3 Å². The monoisotopic (exact) mass is 579 g/mol. The van der Waals surface area contributed by atoms with Gasteiger partial charge in [-0.1, -0.05) is 37.5 Å². The van der Waals surface area contributed by atoms with Crippen molar-refractivity contribution in [3.63, 3.8) is 0 Å². The van der Waals surface area contributed by atoms with Crippen LogP contribution in [0.1, 0.15) is 65.9 Å². The average molecular weight is 580 g/mol. The van der Waals surface area contributed by atoms with Crippen molar-refractivity contribution in [3.8, 4) is 5.69 Å². The van der Waals surface area contributed by atoms with Gasteiger partial charge in [0.1, 0.15) is 5.69 Å². The molecule has 10 nitrogen and oxygen atoms in total. The van der Waals surface area contributed by atoms with Crippen molar-refractivity contribution in [2.75, 3.05) is 18.5 Å². The Morgan fingerprint density at radius 1 is 0.953 bits per heavy atom. The van der Waals surface area contributed by atoms with E-state index in [2.05, 4.69) is 20.3 Å². The molecule has 6 rings (SSSR count). The van der Waals surface area contributed by atoms with Crippen molar-refractivity contribution >= 4 is 45.3 Å². The van der Waals surface area contributed by atoms with Crippen LogP contribution in [0.5, 0.6) is 0 Å². The first-order valence-electron chi connectivity index (χ1n) is 14.6. The number of anilines is 1. The van der Waals surface area contributed by atoms with Gasteiger partial charge in [0.15, 0.2) is 0 Å². The average Bonchev–Trinajstić information content (AvgIpc) is 3.59. The fraction of sp³-hybridized carbons (Fsp3) is 0.273. The van der Waals surface area contributed by atoms with Gasteiger partial charge in [-0.25, -0.2) is 9.48 Å². The van der Waals surface area contributed by atoms with E-state index in [-0.39, 0.29) is 24.8 Å². The number of hydrogen-bond donors (Lipinski definition) is 3. The maximum absolute atomic E-state index is 13.7. The van der Waals surface area contributed by atoms with E-state index < -0.39 is 17.8 Å². The molecular formula is C33H33N5O5. The molecule has 2 amide bonds. The predicted octanol–water partition coefficient (Wildman–Crippen LogP) is 5.32. The third-order valence-corrected chi connectivity index (χ3v) is 7.87. The van der Waals surface area contributed by atoms with Crippen LogP contribution >= 0.6 is 0 Å². The Bertz CT molecular complexity index is 1880.